The van der Waals surface area contributed by atoms with Gasteiger partial charge >= 0.3 is 0 Å². The molecule has 6 nitrogen and oxygen atoms in total. The quantitative estimate of drug-likeness (QED) is 0.293. The van der Waals surface area contributed by atoms with Crippen LogP contribution in [-0.4, -0.2) is 20.3 Å². The summed E-state index contributed by atoms with van der Waals surface area (Å²) >= 11 is 2.86. The summed E-state index contributed by atoms with van der Waals surface area (Å²) in [6.45, 7) is 6.32. The molecule has 0 aliphatic carbocycles. The zero-order valence-corrected chi connectivity index (χ0v) is 20.4. The van der Waals surface area contributed by atoms with E-state index in [0.717, 1.165) is 16.3 Å². The third-order valence-electron chi connectivity index (χ3n) is 5.07. The fraction of sp³-hybridized carbons (Fsp3) is 0.280. The Hall–Kier alpha value is -3.10. The first-order valence-electron chi connectivity index (χ1n) is 10.8. The predicted molar refractivity (Wildman–Crippen MR) is 132 cm³/mol. The number of ether oxygens (including phenoxy) is 1. The number of pyridine rings is 1. The van der Waals surface area contributed by atoms with Crippen molar-refractivity contribution in [3.8, 4) is 10.9 Å². The highest BCUT2D eigenvalue weighted by Gasteiger charge is 2.17. The Morgan fingerprint density at radius 3 is 2.64 bits per heavy atom. The van der Waals surface area contributed by atoms with Gasteiger partial charge in [0.15, 0.2) is 10.9 Å². The molecule has 0 bridgehead atoms. The Balaban J connectivity index is 1.43. The van der Waals surface area contributed by atoms with Gasteiger partial charge in [0.1, 0.15) is 12.4 Å². The number of nitrogens with zero attached hydrogens (tertiary/aromatic N) is 3. The minimum atomic E-state index is -0.259. The number of rotatable bonds is 9. The van der Waals surface area contributed by atoms with Crippen LogP contribution in [0.5, 0.6) is 5.75 Å². The third kappa shape index (κ3) is 5.64. The summed E-state index contributed by atoms with van der Waals surface area (Å²) in [7, 11) is 0. The van der Waals surface area contributed by atoms with Crippen LogP contribution in [0.3, 0.4) is 0 Å². The number of aromatic nitrogens is 3. The van der Waals surface area contributed by atoms with Crippen LogP contribution in [0.1, 0.15) is 57.8 Å². The fourth-order valence-corrected chi connectivity index (χ4v) is 5.12. The molecule has 0 aliphatic rings. The van der Waals surface area contributed by atoms with Crippen molar-refractivity contribution in [1.29, 1.82) is 0 Å². The molecule has 33 heavy (non-hydrogen) atoms. The Bertz CT molecular complexity index is 1310. The first-order valence-corrected chi connectivity index (χ1v) is 12.4. The van der Waals surface area contributed by atoms with Crippen molar-refractivity contribution in [2.75, 3.05) is 0 Å². The van der Waals surface area contributed by atoms with Crippen LogP contribution in [0.15, 0.2) is 58.8 Å². The normalized spacial score (nSPS) is 11.2. The van der Waals surface area contributed by atoms with Crippen LogP contribution in [0.2, 0.25) is 0 Å². The molecule has 0 saturated heterocycles. The van der Waals surface area contributed by atoms with Crippen LogP contribution in [-0.2, 0) is 13.0 Å². The molecule has 1 aromatic carbocycles. The van der Waals surface area contributed by atoms with E-state index in [0.29, 0.717) is 46.8 Å². The smallest absolute Gasteiger partial charge is 0.260 e. The zero-order valence-electron chi connectivity index (χ0n) is 18.8. The van der Waals surface area contributed by atoms with E-state index >= 15 is 0 Å². The van der Waals surface area contributed by atoms with E-state index in [1.165, 1.54) is 22.0 Å². The number of hydrogen-bond acceptors (Lipinski definition) is 7. The molecular formula is C25H25N3O3S2. The minimum absolute atomic E-state index is 0.0390. The van der Waals surface area contributed by atoms with Crippen molar-refractivity contribution in [2.24, 2.45) is 0 Å². The monoisotopic (exact) mass is 479 g/mol. The molecule has 0 fully saturated rings. The summed E-state index contributed by atoms with van der Waals surface area (Å²) in [5, 5.41) is 3.52. The molecule has 170 valence electrons. The summed E-state index contributed by atoms with van der Waals surface area (Å²) in [4.78, 5) is 35.1. The lowest BCUT2D eigenvalue weighted by molar-refractivity contribution is 0.0986. The number of benzene rings is 1. The van der Waals surface area contributed by atoms with Crippen molar-refractivity contribution < 1.29 is 9.53 Å². The molecule has 0 atom stereocenters. The van der Waals surface area contributed by atoms with Crippen LogP contribution in [0.4, 0.5) is 0 Å². The lowest BCUT2D eigenvalue weighted by atomic mass is 10.1. The van der Waals surface area contributed by atoms with E-state index in [1.54, 1.807) is 30.5 Å². The molecule has 0 unspecified atom stereocenters. The lowest BCUT2D eigenvalue weighted by Gasteiger charge is -2.06. The molecule has 8 heteroatoms. The average Bonchev–Trinajstić information content (AvgIpc) is 3.44. The van der Waals surface area contributed by atoms with E-state index in [1.807, 2.05) is 35.7 Å². The van der Waals surface area contributed by atoms with Crippen LogP contribution in [0, 0.1) is 6.92 Å². The van der Waals surface area contributed by atoms with Gasteiger partial charge < -0.3 is 4.74 Å². The van der Waals surface area contributed by atoms with Gasteiger partial charge in [-0.1, -0.05) is 55.5 Å². The van der Waals surface area contributed by atoms with Crippen molar-refractivity contribution in [3.05, 3.63) is 91.2 Å². The van der Waals surface area contributed by atoms with Gasteiger partial charge in [-0.25, -0.2) is 9.97 Å². The van der Waals surface area contributed by atoms with Gasteiger partial charge in [-0.2, -0.15) is 0 Å². The van der Waals surface area contributed by atoms with Crippen molar-refractivity contribution >= 4 is 28.5 Å². The third-order valence-corrected chi connectivity index (χ3v) is 7.46. The standard InChI is InChI=1S/C25H25N3O3S2/c1-16(2)24-27-19(15-32-24)14-31-20-11-12-28(22(30)13-20)25-26-17(3)23(33-25)21(29)10-9-18-7-5-4-6-8-18/h4-8,11-13,15-16H,9-10,14H2,1-3H3. The largest absolute Gasteiger partial charge is 0.487 e. The Labute approximate surface area is 200 Å². The van der Waals surface area contributed by atoms with Gasteiger partial charge in [0.2, 0.25) is 0 Å². The van der Waals surface area contributed by atoms with E-state index < -0.39 is 0 Å². The number of ketones is 1. The van der Waals surface area contributed by atoms with Gasteiger partial charge in [0, 0.05) is 30.0 Å². The van der Waals surface area contributed by atoms with Crippen LogP contribution < -0.4 is 10.3 Å². The van der Waals surface area contributed by atoms with Gasteiger partial charge in [-0.15, -0.1) is 11.3 Å². The number of thiazole rings is 2. The molecule has 0 radical (unpaired) electrons. The molecule has 3 aromatic heterocycles. The molecule has 3 heterocycles. The molecule has 4 rings (SSSR count). The highest BCUT2D eigenvalue weighted by Crippen LogP contribution is 2.24. The van der Waals surface area contributed by atoms with Crippen molar-refractivity contribution in [3.63, 3.8) is 0 Å². The lowest BCUT2D eigenvalue weighted by Crippen LogP contribution is -2.16. The highest BCUT2D eigenvalue weighted by molar-refractivity contribution is 7.16. The van der Waals surface area contributed by atoms with E-state index in [-0.39, 0.29) is 11.3 Å². The van der Waals surface area contributed by atoms with E-state index in [2.05, 4.69) is 23.8 Å². The summed E-state index contributed by atoms with van der Waals surface area (Å²) in [5.74, 6) is 0.893. The first kappa shape index (κ1) is 23.1. The second-order valence-electron chi connectivity index (χ2n) is 8.01. The summed E-state index contributed by atoms with van der Waals surface area (Å²) < 4.78 is 7.20. The Morgan fingerprint density at radius 2 is 1.94 bits per heavy atom. The van der Waals surface area contributed by atoms with E-state index in [9.17, 15) is 9.59 Å². The molecule has 0 N–H and O–H groups in total. The number of carbonyl (C=O) groups excluding carboxylic acids is 1. The molecule has 4 aromatic rings. The molecule has 0 saturated carbocycles. The fourth-order valence-electron chi connectivity index (χ4n) is 3.28. The maximum absolute atomic E-state index is 12.7. The van der Waals surface area contributed by atoms with Gasteiger partial charge in [-0.05, 0) is 25.0 Å². The predicted octanol–water partition coefficient (Wildman–Crippen LogP) is 5.58. The molecular weight excluding hydrogens is 454 g/mol. The second-order valence-corrected chi connectivity index (χ2v) is 9.88. The van der Waals surface area contributed by atoms with Gasteiger partial charge in [0.25, 0.3) is 5.56 Å². The molecule has 0 spiro atoms. The van der Waals surface area contributed by atoms with E-state index in [4.69, 9.17) is 4.74 Å². The van der Waals surface area contributed by atoms with Crippen LogP contribution >= 0.6 is 22.7 Å². The number of aryl methyl sites for hydroxylation is 2. The van der Waals surface area contributed by atoms with Crippen molar-refractivity contribution in [2.45, 2.75) is 46.1 Å². The Morgan fingerprint density at radius 1 is 1.15 bits per heavy atom. The van der Waals surface area contributed by atoms with Gasteiger partial charge in [0.05, 0.1) is 21.3 Å². The van der Waals surface area contributed by atoms with Crippen LogP contribution in [0.25, 0.3) is 5.13 Å². The minimum Gasteiger partial charge on any atom is -0.487 e. The summed E-state index contributed by atoms with van der Waals surface area (Å²) in [6, 6.07) is 13.1. The molecule has 0 amide bonds. The SMILES string of the molecule is Cc1nc(-n2ccc(OCc3csc(C(C)C)n3)cc2=O)sc1C(=O)CCc1ccccc1. The number of Topliss-reactive ketones (excluding diaryl/α,β-unsaturated/α-hetero) is 1. The van der Waals surface area contributed by atoms with Gasteiger partial charge in [-0.3, -0.25) is 14.2 Å². The molecule has 0 aliphatic heterocycles. The maximum Gasteiger partial charge on any atom is 0.260 e. The topological polar surface area (TPSA) is 74.1 Å². The average molecular weight is 480 g/mol. The van der Waals surface area contributed by atoms with Crippen molar-refractivity contribution in [1.82, 2.24) is 14.5 Å². The summed E-state index contributed by atoms with van der Waals surface area (Å²) in [6.07, 6.45) is 2.72. The number of hydrogen-bond donors (Lipinski definition) is 0. The number of carbonyl (C=O) groups is 1. The highest BCUT2D eigenvalue weighted by atomic mass is 32.1. The maximum atomic E-state index is 12.7. The second kappa shape index (κ2) is 10.2. The summed E-state index contributed by atoms with van der Waals surface area (Å²) in [5.41, 5.74) is 2.36. The first-order chi connectivity index (χ1) is 15.9. The Kier molecular flexibility index (Phi) is 7.15. The zero-order chi connectivity index (χ0) is 23.4.